The highest BCUT2D eigenvalue weighted by Gasteiger charge is 2.15. The molecule has 1 N–H and O–H groups in total. The van der Waals surface area contributed by atoms with Crippen LogP contribution >= 0.6 is 0 Å². The number of aliphatic hydroxyl groups excluding tert-OH is 1. The first-order valence-electron chi connectivity index (χ1n) is 5.70. The third-order valence-electron chi connectivity index (χ3n) is 2.77. The molecule has 0 saturated carbocycles. The van der Waals surface area contributed by atoms with Gasteiger partial charge >= 0.3 is 0 Å². The fraction of sp³-hybridized carbons (Fsp3) is 1.00. The van der Waals surface area contributed by atoms with Gasteiger partial charge in [-0.2, -0.15) is 0 Å². The van der Waals surface area contributed by atoms with E-state index in [1.807, 2.05) is 0 Å². The fourth-order valence-electron chi connectivity index (χ4n) is 1.98. The topological polar surface area (TPSA) is 32.7 Å². The van der Waals surface area contributed by atoms with Crippen molar-refractivity contribution in [2.75, 3.05) is 40.0 Å². The monoisotopic (exact) mass is 201 g/mol. The summed E-state index contributed by atoms with van der Waals surface area (Å²) in [5.74, 6) is 0.725. The zero-order valence-corrected chi connectivity index (χ0v) is 9.24. The Labute approximate surface area is 87.1 Å². The van der Waals surface area contributed by atoms with Crippen LogP contribution in [-0.2, 0) is 4.74 Å². The van der Waals surface area contributed by atoms with Crippen LogP contribution in [0.3, 0.4) is 0 Å². The predicted octanol–water partition coefficient (Wildman–Crippen LogP) is 1.12. The Hall–Kier alpha value is -0.120. The maximum Gasteiger partial charge on any atom is 0.0506 e. The molecule has 1 saturated heterocycles. The lowest BCUT2D eigenvalue weighted by molar-refractivity contribution is 0.0417. The normalized spacial score (nSPS) is 22.9. The summed E-state index contributed by atoms with van der Waals surface area (Å²) < 4.78 is 5.44. The Kier molecular flexibility index (Phi) is 6.15. The molecule has 84 valence electrons. The van der Waals surface area contributed by atoms with Crippen molar-refractivity contribution >= 4 is 0 Å². The molecule has 0 bridgehead atoms. The third kappa shape index (κ3) is 4.94. The highest BCUT2D eigenvalue weighted by Crippen LogP contribution is 2.14. The number of rotatable bonds is 6. The number of aliphatic hydroxyl groups is 1. The maximum atomic E-state index is 8.66. The van der Waals surface area contributed by atoms with Crippen LogP contribution in [0.15, 0.2) is 0 Å². The van der Waals surface area contributed by atoms with Crippen LogP contribution in [0.1, 0.15) is 25.7 Å². The van der Waals surface area contributed by atoms with Gasteiger partial charge in [0.05, 0.1) is 6.61 Å². The molecule has 0 amide bonds. The summed E-state index contributed by atoms with van der Waals surface area (Å²) in [6.07, 6.45) is 4.55. The van der Waals surface area contributed by atoms with Crippen molar-refractivity contribution in [1.82, 2.24) is 4.90 Å². The SMILES string of the molecule is CN(CCCCO)CC1CCCOC1. The Bertz CT molecular complexity index is 135. The molecule has 0 radical (unpaired) electrons. The van der Waals surface area contributed by atoms with Crippen molar-refractivity contribution in [2.45, 2.75) is 25.7 Å². The van der Waals surface area contributed by atoms with Gasteiger partial charge in [-0.05, 0) is 45.2 Å². The minimum Gasteiger partial charge on any atom is -0.396 e. The zero-order chi connectivity index (χ0) is 10.2. The number of hydrogen-bond donors (Lipinski definition) is 1. The first-order chi connectivity index (χ1) is 6.83. The van der Waals surface area contributed by atoms with Gasteiger partial charge in [-0.1, -0.05) is 0 Å². The summed E-state index contributed by atoms with van der Waals surface area (Å²) in [5, 5.41) is 8.66. The smallest absolute Gasteiger partial charge is 0.0506 e. The van der Waals surface area contributed by atoms with Crippen molar-refractivity contribution in [3.8, 4) is 0 Å². The van der Waals surface area contributed by atoms with Crippen LogP contribution in [0.25, 0.3) is 0 Å². The van der Waals surface area contributed by atoms with Crippen molar-refractivity contribution in [3.63, 3.8) is 0 Å². The second-order valence-electron chi connectivity index (χ2n) is 4.28. The van der Waals surface area contributed by atoms with Crippen molar-refractivity contribution in [3.05, 3.63) is 0 Å². The average molecular weight is 201 g/mol. The Morgan fingerprint density at radius 1 is 1.43 bits per heavy atom. The number of ether oxygens (including phenoxy) is 1. The van der Waals surface area contributed by atoms with Crippen LogP contribution in [0.5, 0.6) is 0 Å². The minimum absolute atomic E-state index is 0.320. The van der Waals surface area contributed by atoms with E-state index in [2.05, 4.69) is 11.9 Å². The molecule has 3 heteroatoms. The molecule has 1 aliphatic heterocycles. The molecule has 0 aromatic carbocycles. The van der Waals surface area contributed by atoms with Crippen molar-refractivity contribution in [1.29, 1.82) is 0 Å². The van der Waals surface area contributed by atoms with E-state index in [-0.39, 0.29) is 0 Å². The summed E-state index contributed by atoms with van der Waals surface area (Å²) in [6.45, 7) is 4.44. The van der Waals surface area contributed by atoms with E-state index in [4.69, 9.17) is 9.84 Å². The molecule has 1 rings (SSSR count). The highest BCUT2D eigenvalue weighted by atomic mass is 16.5. The summed E-state index contributed by atoms with van der Waals surface area (Å²) in [4.78, 5) is 2.36. The van der Waals surface area contributed by atoms with Crippen LogP contribution in [0, 0.1) is 5.92 Å². The maximum absolute atomic E-state index is 8.66. The molecule has 1 atom stereocenters. The van der Waals surface area contributed by atoms with Crippen LogP contribution in [0.2, 0.25) is 0 Å². The minimum atomic E-state index is 0.320. The first kappa shape index (κ1) is 12.0. The van der Waals surface area contributed by atoms with Gasteiger partial charge in [0, 0.05) is 19.8 Å². The summed E-state index contributed by atoms with van der Waals surface area (Å²) in [6, 6.07) is 0. The molecular weight excluding hydrogens is 178 g/mol. The molecule has 1 fully saturated rings. The molecule has 1 heterocycles. The number of hydrogen-bond acceptors (Lipinski definition) is 3. The lowest BCUT2D eigenvalue weighted by Gasteiger charge is -2.26. The second kappa shape index (κ2) is 7.21. The van der Waals surface area contributed by atoms with Gasteiger partial charge in [0.15, 0.2) is 0 Å². The summed E-state index contributed by atoms with van der Waals surface area (Å²) in [5.41, 5.74) is 0. The van der Waals surface area contributed by atoms with Crippen molar-refractivity contribution in [2.24, 2.45) is 5.92 Å². The van der Waals surface area contributed by atoms with E-state index < -0.39 is 0 Å². The summed E-state index contributed by atoms with van der Waals surface area (Å²) in [7, 11) is 2.16. The van der Waals surface area contributed by atoms with Gasteiger partial charge in [0.25, 0.3) is 0 Å². The van der Waals surface area contributed by atoms with E-state index in [0.717, 1.165) is 45.1 Å². The Morgan fingerprint density at radius 2 is 2.29 bits per heavy atom. The predicted molar refractivity (Wildman–Crippen MR) is 57.4 cm³/mol. The molecule has 14 heavy (non-hydrogen) atoms. The Balaban J connectivity index is 2.03. The third-order valence-corrected chi connectivity index (χ3v) is 2.77. The molecule has 0 aliphatic carbocycles. The van der Waals surface area contributed by atoms with E-state index in [0.29, 0.717) is 6.61 Å². The second-order valence-corrected chi connectivity index (χ2v) is 4.28. The largest absolute Gasteiger partial charge is 0.396 e. The lowest BCUT2D eigenvalue weighted by Crippen LogP contribution is -2.31. The van der Waals surface area contributed by atoms with E-state index in [1.165, 1.54) is 12.8 Å². The van der Waals surface area contributed by atoms with Gasteiger partial charge in [0.2, 0.25) is 0 Å². The zero-order valence-electron chi connectivity index (χ0n) is 9.24. The van der Waals surface area contributed by atoms with E-state index >= 15 is 0 Å². The molecule has 0 aromatic heterocycles. The van der Waals surface area contributed by atoms with Gasteiger partial charge in [0.1, 0.15) is 0 Å². The molecule has 3 nitrogen and oxygen atoms in total. The van der Waals surface area contributed by atoms with Crippen LogP contribution < -0.4 is 0 Å². The fourth-order valence-corrected chi connectivity index (χ4v) is 1.98. The van der Waals surface area contributed by atoms with Crippen LogP contribution in [-0.4, -0.2) is 50.0 Å². The van der Waals surface area contributed by atoms with Gasteiger partial charge in [-0.15, -0.1) is 0 Å². The van der Waals surface area contributed by atoms with Crippen molar-refractivity contribution < 1.29 is 9.84 Å². The first-order valence-corrected chi connectivity index (χ1v) is 5.70. The van der Waals surface area contributed by atoms with Gasteiger partial charge in [-0.25, -0.2) is 0 Å². The average Bonchev–Trinajstić information content (AvgIpc) is 2.20. The Morgan fingerprint density at radius 3 is 2.93 bits per heavy atom. The standard InChI is InChI=1S/C11H23NO2/c1-12(6-2-3-7-13)9-11-5-4-8-14-10-11/h11,13H,2-10H2,1H3. The van der Waals surface area contributed by atoms with E-state index in [1.54, 1.807) is 0 Å². The molecular formula is C11H23NO2. The quantitative estimate of drug-likeness (QED) is 0.654. The van der Waals surface area contributed by atoms with Crippen LogP contribution in [0.4, 0.5) is 0 Å². The van der Waals surface area contributed by atoms with Gasteiger partial charge in [-0.3, -0.25) is 0 Å². The highest BCUT2D eigenvalue weighted by molar-refractivity contribution is 4.66. The molecule has 1 unspecified atom stereocenters. The number of nitrogens with zero attached hydrogens (tertiary/aromatic N) is 1. The van der Waals surface area contributed by atoms with Gasteiger partial charge < -0.3 is 14.7 Å². The van der Waals surface area contributed by atoms with E-state index in [9.17, 15) is 0 Å². The molecule has 0 spiro atoms. The lowest BCUT2D eigenvalue weighted by atomic mass is 10.0. The number of unbranched alkanes of at least 4 members (excludes halogenated alkanes) is 1. The molecule has 0 aromatic rings. The summed E-state index contributed by atoms with van der Waals surface area (Å²) >= 11 is 0. The molecule has 1 aliphatic rings.